The first-order valence-electron chi connectivity index (χ1n) is 4.77. The van der Waals surface area contributed by atoms with Crippen LogP contribution in [0.3, 0.4) is 0 Å². The highest BCUT2D eigenvalue weighted by Gasteiger charge is 2.03. The Morgan fingerprint density at radius 1 is 1.18 bits per heavy atom. The average molecular weight is 264 g/mol. The third-order valence-electron chi connectivity index (χ3n) is 2.09. The number of pyridine rings is 1. The van der Waals surface area contributed by atoms with E-state index in [1.807, 2.05) is 6.07 Å². The van der Waals surface area contributed by atoms with E-state index < -0.39 is 0 Å². The Morgan fingerprint density at radius 2 is 2.00 bits per heavy atom. The number of nitrogens with zero attached hydrogens (tertiary/aromatic N) is 2. The molecular formula is C12H7Cl2N3. The number of anilines is 2. The number of rotatable bonds is 2. The van der Waals surface area contributed by atoms with E-state index in [0.717, 1.165) is 0 Å². The van der Waals surface area contributed by atoms with Crippen LogP contribution in [-0.4, -0.2) is 4.98 Å². The molecule has 1 heterocycles. The summed E-state index contributed by atoms with van der Waals surface area (Å²) in [5.74, 6) is 0.617. The number of nitrogens with one attached hydrogen (secondary N) is 1. The summed E-state index contributed by atoms with van der Waals surface area (Å²) in [7, 11) is 0. The van der Waals surface area contributed by atoms with Gasteiger partial charge in [-0.15, -0.1) is 0 Å². The molecule has 0 saturated carbocycles. The van der Waals surface area contributed by atoms with Crippen LogP contribution in [0.5, 0.6) is 0 Å². The Bertz CT molecular complexity index is 573. The molecule has 0 aliphatic heterocycles. The molecule has 0 amide bonds. The normalized spacial score (nSPS) is 9.71. The van der Waals surface area contributed by atoms with Crippen LogP contribution in [0, 0.1) is 11.3 Å². The second-order valence-corrected chi connectivity index (χ2v) is 4.14. The van der Waals surface area contributed by atoms with Crippen LogP contribution < -0.4 is 5.32 Å². The molecule has 0 bridgehead atoms. The van der Waals surface area contributed by atoms with E-state index in [9.17, 15) is 0 Å². The predicted molar refractivity (Wildman–Crippen MR) is 68.7 cm³/mol. The van der Waals surface area contributed by atoms with E-state index in [2.05, 4.69) is 10.3 Å². The second kappa shape index (κ2) is 5.05. The molecule has 1 aromatic heterocycles. The highest BCUT2D eigenvalue weighted by atomic mass is 35.5. The van der Waals surface area contributed by atoms with E-state index in [-0.39, 0.29) is 0 Å². The van der Waals surface area contributed by atoms with Gasteiger partial charge >= 0.3 is 0 Å². The summed E-state index contributed by atoms with van der Waals surface area (Å²) in [6.45, 7) is 0. The van der Waals surface area contributed by atoms with Crippen molar-refractivity contribution in [1.82, 2.24) is 4.98 Å². The lowest BCUT2D eigenvalue weighted by atomic mass is 10.2. The van der Waals surface area contributed by atoms with Crippen LogP contribution in [-0.2, 0) is 0 Å². The van der Waals surface area contributed by atoms with Gasteiger partial charge in [-0.1, -0.05) is 23.2 Å². The highest BCUT2D eigenvalue weighted by molar-refractivity contribution is 6.33. The van der Waals surface area contributed by atoms with E-state index in [0.29, 0.717) is 27.1 Å². The number of hydrogen-bond donors (Lipinski definition) is 1. The van der Waals surface area contributed by atoms with Crippen molar-refractivity contribution in [2.45, 2.75) is 0 Å². The molecule has 3 nitrogen and oxygen atoms in total. The van der Waals surface area contributed by atoms with E-state index >= 15 is 0 Å². The maximum Gasteiger partial charge on any atom is 0.130 e. The summed E-state index contributed by atoms with van der Waals surface area (Å²) < 4.78 is 0. The molecule has 0 fully saturated rings. The van der Waals surface area contributed by atoms with Crippen molar-refractivity contribution in [3.63, 3.8) is 0 Å². The van der Waals surface area contributed by atoms with Crippen LogP contribution in [0.1, 0.15) is 5.56 Å². The Morgan fingerprint density at radius 3 is 2.65 bits per heavy atom. The van der Waals surface area contributed by atoms with Gasteiger partial charge in [0.1, 0.15) is 5.82 Å². The number of hydrogen-bond acceptors (Lipinski definition) is 3. The van der Waals surface area contributed by atoms with Gasteiger partial charge in [-0.2, -0.15) is 5.26 Å². The Hall–Kier alpha value is -1.76. The zero-order chi connectivity index (χ0) is 12.3. The Labute approximate surface area is 109 Å². The lowest BCUT2D eigenvalue weighted by Crippen LogP contribution is -1.94. The molecule has 2 aromatic rings. The molecule has 5 heteroatoms. The molecule has 0 spiro atoms. The fourth-order valence-electron chi connectivity index (χ4n) is 1.28. The van der Waals surface area contributed by atoms with Gasteiger partial charge in [0, 0.05) is 6.20 Å². The van der Waals surface area contributed by atoms with Crippen LogP contribution >= 0.6 is 23.2 Å². The van der Waals surface area contributed by atoms with Gasteiger partial charge in [0.15, 0.2) is 0 Å². The summed E-state index contributed by atoms with van der Waals surface area (Å²) in [5, 5.41) is 12.9. The van der Waals surface area contributed by atoms with Gasteiger partial charge in [0.05, 0.1) is 27.4 Å². The highest BCUT2D eigenvalue weighted by Crippen LogP contribution is 2.25. The fourth-order valence-corrected chi connectivity index (χ4v) is 1.55. The van der Waals surface area contributed by atoms with Crippen molar-refractivity contribution >= 4 is 34.7 Å². The Balaban J connectivity index is 2.29. The van der Waals surface area contributed by atoms with Crippen molar-refractivity contribution < 1.29 is 0 Å². The van der Waals surface area contributed by atoms with Gasteiger partial charge < -0.3 is 5.32 Å². The summed E-state index contributed by atoms with van der Waals surface area (Å²) in [6, 6.07) is 10.5. The Kier molecular flexibility index (Phi) is 3.48. The largest absolute Gasteiger partial charge is 0.339 e. The van der Waals surface area contributed by atoms with Gasteiger partial charge in [0.2, 0.25) is 0 Å². The summed E-state index contributed by atoms with van der Waals surface area (Å²) in [6.07, 6.45) is 1.53. The minimum atomic E-state index is 0.528. The third-order valence-corrected chi connectivity index (χ3v) is 2.64. The maximum absolute atomic E-state index is 8.80. The quantitative estimate of drug-likeness (QED) is 0.891. The smallest absolute Gasteiger partial charge is 0.130 e. The van der Waals surface area contributed by atoms with Crippen molar-refractivity contribution in [3.05, 3.63) is 52.1 Å². The molecule has 1 aromatic carbocycles. The van der Waals surface area contributed by atoms with E-state index in [1.165, 1.54) is 6.20 Å². The SMILES string of the molecule is N#Cc1ccc(Cl)c(Nc2ccc(Cl)cn2)c1. The fraction of sp³-hybridized carbons (Fsp3) is 0. The molecule has 1 N–H and O–H groups in total. The van der Waals surface area contributed by atoms with Crippen molar-refractivity contribution in [2.75, 3.05) is 5.32 Å². The van der Waals surface area contributed by atoms with E-state index in [1.54, 1.807) is 30.3 Å². The minimum Gasteiger partial charge on any atom is -0.339 e. The first-order chi connectivity index (χ1) is 8.19. The molecule has 0 radical (unpaired) electrons. The lowest BCUT2D eigenvalue weighted by Gasteiger charge is -2.07. The van der Waals surface area contributed by atoms with Crippen LogP contribution in [0.2, 0.25) is 10.0 Å². The van der Waals surface area contributed by atoms with Crippen molar-refractivity contribution in [1.29, 1.82) is 5.26 Å². The van der Waals surface area contributed by atoms with Gasteiger partial charge in [-0.25, -0.2) is 4.98 Å². The molecule has 0 aliphatic rings. The second-order valence-electron chi connectivity index (χ2n) is 3.29. The first-order valence-corrected chi connectivity index (χ1v) is 5.53. The molecule has 0 aliphatic carbocycles. The molecule has 17 heavy (non-hydrogen) atoms. The van der Waals surface area contributed by atoms with E-state index in [4.69, 9.17) is 28.5 Å². The number of halogens is 2. The molecule has 84 valence electrons. The number of aromatic nitrogens is 1. The molecule has 2 rings (SSSR count). The standard InChI is InChI=1S/C12H7Cl2N3/c13-9-2-4-12(16-7-9)17-11-5-8(6-15)1-3-10(11)14/h1-5,7H,(H,16,17). The molecule has 0 atom stereocenters. The van der Waals surface area contributed by atoms with Crippen molar-refractivity contribution in [3.8, 4) is 6.07 Å². The molecular weight excluding hydrogens is 257 g/mol. The van der Waals surface area contributed by atoms with Crippen molar-refractivity contribution in [2.24, 2.45) is 0 Å². The zero-order valence-corrected chi connectivity index (χ0v) is 10.1. The van der Waals surface area contributed by atoms with Gasteiger partial charge in [0.25, 0.3) is 0 Å². The van der Waals surface area contributed by atoms with Gasteiger partial charge in [-0.05, 0) is 30.3 Å². The van der Waals surface area contributed by atoms with Crippen LogP contribution in [0.15, 0.2) is 36.5 Å². The number of nitriles is 1. The first kappa shape index (κ1) is 11.7. The van der Waals surface area contributed by atoms with Crippen LogP contribution in [0.25, 0.3) is 0 Å². The molecule has 0 unspecified atom stereocenters. The maximum atomic E-state index is 8.80. The van der Waals surface area contributed by atoms with Gasteiger partial charge in [-0.3, -0.25) is 0 Å². The topological polar surface area (TPSA) is 48.7 Å². The molecule has 0 saturated heterocycles. The zero-order valence-electron chi connectivity index (χ0n) is 8.61. The summed E-state index contributed by atoms with van der Waals surface area (Å²) in [5.41, 5.74) is 1.17. The lowest BCUT2D eigenvalue weighted by molar-refractivity contribution is 1.31. The third kappa shape index (κ3) is 2.88. The predicted octanol–water partition coefficient (Wildman–Crippen LogP) is 4.00. The number of benzene rings is 1. The average Bonchev–Trinajstić information content (AvgIpc) is 2.35. The summed E-state index contributed by atoms with van der Waals surface area (Å²) >= 11 is 11.7. The monoisotopic (exact) mass is 263 g/mol. The minimum absolute atomic E-state index is 0.528. The van der Waals surface area contributed by atoms with Crippen LogP contribution in [0.4, 0.5) is 11.5 Å². The summed E-state index contributed by atoms with van der Waals surface area (Å²) in [4.78, 5) is 4.09.